The van der Waals surface area contributed by atoms with Gasteiger partial charge in [0, 0.05) is 11.0 Å². The van der Waals surface area contributed by atoms with E-state index in [4.69, 9.17) is 4.74 Å². The summed E-state index contributed by atoms with van der Waals surface area (Å²) in [6.45, 7) is 16.8. The summed E-state index contributed by atoms with van der Waals surface area (Å²) in [5.74, 6) is -0.202. The maximum atomic E-state index is 12.3. The first-order valence-corrected chi connectivity index (χ1v) is 7.38. The monoisotopic (exact) mass is 266 g/mol. The first kappa shape index (κ1) is 16.3. The maximum Gasteiger partial charge on any atom is 0.333 e. The summed E-state index contributed by atoms with van der Waals surface area (Å²) in [6.07, 6.45) is 4.94. The molecule has 0 heterocycles. The summed E-state index contributed by atoms with van der Waals surface area (Å²) in [7, 11) is 0. The predicted octanol–water partition coefficient (Wildman–Crippen LogP) is 4.88. The smallest absolute Gasteiger partial charge is 0.333 e. The fourth-order valence-corrected chi connectivity index (χ4v) is 2.91. The van der Waals surface area contributed by atoms with Crippen LogP contribution in [0.15, 0.2) is 12.2 Å². The van der Waals surface area contributed by atoms with Crippen molar-refractivity contribution in [2.75, 3.05) is 0 Å². The highest BCUT2D eigenvalue weighted by molar-refractivity contribution is 5.88. The van der Waals surface area contributed by atoms with E-state index in [2.05, 4.69) is 48.1 Å². The molecule has 110 valence electrons. The lowest BCUT2D eigenvalue weighted by Crippen LogP contribution is -2.44. The highest BCUT2D eigenvalue weighted by Crippen LogP contribution is 2.46. The quantitative estimate of drug-likeness (QED) is 0.537. The lowest BCUT2D eigenvalue weighted by atomic mass is 9.75. The first-order chi connectivity index (χ1) is 8.47. The summed E-state index contributed by atoms with van der Waals surface area (Å²) in [5, 5.41) is 0. The minimum absolute atomic E-state index is 0.0127. The zero-order valence-corrected chi connectivity index (χ0v) is 13.6. The predicted molar refractivity (Wildman–Crippen MR) is 80.0 cm³/mol. The highest BCUT2D eigenvalue weighted by atomic mass is 16.6. The SMILES string of the molecule is C=C(CC(C)(C)C)C(=O)OC1(C(C)(C)C)CCCC1. The van der Waals surface area contributed by atoms with E-state index in [1.54, 1.807) is 0 Å². The largest absolute Gasteiger partial charge is 0.455 e. The van der Waals surface area contributed by atoms with Gasteiger partial charge < -0.3 is 4.74 Å². The fraction of sp³-hybridized carbons (Fsp3) is 0.824. The van der Waals surface area contributed by atoms with Crippen LogP contribution in [0, 0.1) is 10.8 Å². The third kappa shape index (κ3) is 4.09. The Bertz CT molecular complexity index is 346. The van der Waals surface area contributed by atoms with Gasteiger partial charge in [-0.2, -0.15) is 0 Å². The second kappa shape index (κ2) is 5.30. The molecule has 0 unspecified atom stereocenters. The molecular weight excluding hydrogens is 236 g/mol. The molecule has 1 fully saturated rings. The van der Waals surface area contributed by atoms with Crippen LogP contribution in [-0.4, -0.2) is 11.6 Å². The second-order valence-corrected chi connectivity index (χ2v) is 8.18. The van der Waals surface area contributed by atoms with E-state index in [0.29, 0.717) is 12.0 Å². The molecule has 0 atom stereocenters. The zero-order valence-electron chi connectivity index (χ0n) is 13.6. The van der Waals surface area contributed by atoms with Crippen molar-refractivity contribution in [3.05, 3.63) is 12.2 Å². The molecule has 0 aromatic rings. The van der Waals surface area contributed by atoms with Gasteiger partial charge in [-0.1, -0.05) is 48.1 Å². The van der Waals surface area contributed by atoms with Crippen molar-refractivity contribution in [1.82, 2.24) is 0 Å². The molecule has 0 amide bonds. The number of rotatable bonds is 3. The average molecular weight is 266 g/mol. The maximum absolute atomic E-state index is 12.3. The van der Waals surface area contributed by atoms with Gasteiger partial charge in [-0.3, -0.25) is 0 Å². The highest BCUT2D eigenvalue weighted by Gasteiger charge is 2.47. The lowest BCUT2D eigenvalue weighted by Gasteiger charge is -2.41. The molecule has 0 N–H and O–H groups in total. The van der Waals surface area contributed by atoms with Crippen molar-refractivity contribution in [3.8, 4) is 0 Å². The zero-order chi connectivity index (χ0) is 14.9. The summed E-state index contributed by atoms with van der Waals surface area (Å²) < 4.78 is 5.93. The molecule has 1 aliphatic carbocycles. The molecule has 0 aromatic carbocycles. The third-order valence-electron chi connectivity index (χ3n) is 4.10. The van der Waals surface area contributed by atoms with Crippen LogP contribution in [0.3, 0.4) is 0 Å². The Morgan fingerprint density at radius 2 is 1.58 bits per heavy atom. The van der Waals surface area contributed by atoms with Gasteiger partial charge in [-0.05, 0) is 37.5 Å². The standard InChI is InChI=1S/C17H30O2/c1-13(12-15(2,3)4)14(18)19-17(16(5,6)7)10-8-9-11-17/h1,8-12H2,2-7H3. The number of hydrogen-bond donors (Lipinski definition) is 0. The molecule has 0 spiro atoms. The Labute approximate surface area is 118 Å². The molecule has 2 heteroatoms. The molecule has 1 rings (SSSR count). The van der Waals surface area contributed by atoms with Crippen LogP contribution in [0.2, 0.25) is 0 Å². The van der Waals surface area contributed by atoms with Gasteiger partial charge in [0.05, 0.1) is 0 Å². The molecule has 1 aliphatic rings. The van der Waals surface area contributed by atoms with Gasteiger partial charge in [-0.25, -0.2) is 4.79 Å². The fourth-order valence-electron chi connectivity index (χ4n) is 2.91. The molecule has 0 bridgehead atoms. The topological polar surface area (TPSA) is 26.3 Å². The van der Waals surface area contributed by atoms with Crippen LogP contribution in [0.5, 0.6) is 0 Å². The van der Waals surface area contributed by atoms with E-state index >= 15 is 0 Å². The Hall–Kier alpha value is -0.790. The summed E-state index contributed by atoms with van der Waals surface area (Å²) in [5.41, 5.74) is 0.357. The van der Waals surface area contributed by atoms with Crippen LogP contribution >= 0.6 is 0 Å². The first-order valence-electron chi connectivity index (χ1n) is 7.38. The molecule has 19 heavy (non-hydrogen) atoms. The van der Waals surface area contributed by atoms with E-state index in [9.17, 15) is 4.79 Å². The van der Waals surface area contributed by atoms with E-state index < -0.39 is 0 Å². The van der Waals surface area contributed by atoms with Crippen LogP contribution in [-0.2, 0) is 9.53 Å². The number of ether oxygens (including phenoxy) is 1. The van der Waals surface area contributed by atoms with E-state index in [-0.39, 0.29) is 22.4 Å². The van der Waals surface area contributed by atoms with Crippen LogP contribution in [0.1, 0.15) is 73.6 Å². The van der Waals surface area contributed by atoms with Gasteiger partial charge in [-0.15, -0.1) is 0 Å². The average Bonchev–Trinajstić information content (AvgIpc) is 2.63. The number of hydrogen-bond acceptors (Lipinski definition) is 2. The Morgan fingerprint density at radius 3 is 1.95 bits per heavy atom. The number of esters is 1. The van der Waals surface area contributed by atoms with Crippen molar-refractivity contribution in [2.24, 2.45) is 10.8 Å². The minimum atomic E-state index is -0.301. The van der Waals surface area contributed by atoms with E-state index in [1.165, 1.54) is 0 Å². The van der Waals surface area contributed by atoms with Crippen molar-refractivity contribution >= 4 is 5.97 Å². The second-order valence-electron chi connectivity index (χ2n) is 8.18. The van der Waals surface area contributed by atoms with Crippen molar-refractivity contribution in [2.45, 2.75) is 79.2 Å². The molecule has 0 aromatic heterocycles. The summed E-state index contributed by atoms with van der Waals surface area (Å²) >= 11 is 0. The normalized spacial score (nSPS) is 19.3. The van der Waals surface area contributed by atoms with Crippen LogP contribution < -0.4 is 0 Å². The number of carbonyl (C=O) groups is 1. The lowest BCUT2D eigenvalue weighted by molar-refractivity contribution is -0.167. The molecule has 1 saturated carbocycles. The number of carbonyl (C=O) groups excluding carboxylic acids is 1. The van der Waals surface area contributed by atoms with Crippen LogP contribution in [0.4, 0.5) is 0 Å². The van der Waals surface area contributed by atoms with Crippen molar-refractivity contribution in [1.29, 1.82) is 0 Å². The van der Waals surface area contributed by atoms with Gasteiger partial charge >= 0.3 is 5.97 Å². The summed E-state index contributed by atoms with van der Waals surface area (Å²) in [6, 6.07) is 0. The van der Waals surface area contributed by atoms with Crippen LogP contribution in [0.25, 0.3) is 0 Å². The molecule has 2 nitrogen and oxygen atoms in total. The summed E-state index contributed by atoms with van der Waals surface area (Å²) in [4.78, 5) is 12.3. The van der Waals surface area contributed by atoms with Gasteiger partial charge in [0.2, 0.25) is 0 Å². The molecule has 0 aliphatic heterocycles. The molecule has 0 radical (unpaired) electrons. The van der Waals surface area contributed by atoms with E-state index in [0.717, 1.165) is 25.7 Å². The Kier molecular flexibility index (Phi) is 4.54. The Balaban J connectivity index is 2.76. The van der Waals surface area contributed by atoms with Gasteiger partial charge in [0.1, 0.15) is 5.60 Å². The van der Waals surface area contributed by atoms with Crippen molar-refractivity contribution < 1.29 is 9.53 Å². The molecule has 0 saturated heterocycles. The Morgan fingerprint density at radius 1 is 1.11 bits per heavy atom. The van der Waals surface area contributed by atoms with Crippen molar-refractivity contribution in [3.63, 3.8) is 0 Å². The van der Waals surface area contributed by atoms with E-state index in [1.807, 2.05) is 0 Å². The van der Waals surface area contributed by atoms with Gasteiger partial charge in [0.25, 0.3) is 0 Å². The third-order valence-corrected chi connectivity index (χ3v) is 4.10. The minimum Gasteiger partial charge on any atom is -0.455 e. The molecular formula is C17H30O2. The van der Waals surface area contributed by atoms with Gasteiger partial charge in [0.15, 0.2) is 0 Å².